The molecule has 5 nitrogen and oxygen atoms in total. The molecule has 1 atom stereocenters. The zero-order valence-corrected chi connectivity index (χ0v) is 14.0. The van der Waals surface area contributed by atoms with Crippen molar-refractivity contribution in [3.63, 3.8) is 0 Å². The van der Waals surface area contributed by atoms with Gasteiger partial charge in [-0.3, -0.25) is 4.79 Å². The van der Waals surface area contributed by atoms with Crippen molar-refractivity contribution in [1.82, 2.24) is 10.3 Å². The van der Waals surface area contributed by atoms with Gasteiger partial charge in [0.2, 0.25) is 5.91 Å². The van der Waals surface area contributed by atoms with Crippen LogP contribution in [0, 0.1) is 0 Å². The van der Waals surface area contributed by atoms with Crippen molar-refractivity contribution in [2.75, 3.05) is 17.2 Å². The van der Waals surface area contributed by atoms with Crippen LogP contribution in [-0.4, -0.2) is 17.4 Å². The number of aromatic nitrogens is 1. The lowest BCUT2D eigenvalue weighted by Crippen LogP contribution is -2.19. The molecule has 0 radical (unpaired) electrons. The lowest BCUT2D eigenvalue weighted by molar-refractivity contribution is -0.114. The SMILES string of the molecule is CCCNC(C)c1csc(Nc2ccc(NC(C)=O)cc2)n1. The topological polar surface area (TPSA) is 66.0 Å². The summed E-state index contributed by atoms with van der Waals surface area (Å²) in [5, 5.41) is 12.4. The number of nitrogens with zero attached hydrogens (tertiary/aromatic N) is 1. The van der Waals surface area contributed by atoms with E-state index in [-0.39, 0.29) is 11.9 Å². The summed E-state index contributed by atoms with van der Waals surface area (Å²) in [5.41, 5.74) is 2.79. The summed E-state index contributed by atoms with van der Waals surface area (Å²) in [7, 11) is 0. The maximum Gasteiger partial charge on any atom is 0.221 e. The number of anilines is 3. The highest BCUT2D eigenvalue weighted by Gasteiger charge is 2.09. The fourth-order valence-electron chi connectivity index (χ4n) is 1.97. The molecule has 0 saturated heterocycles. The van der Waals surface area contributed by atoms with E-state index in [0.29, 0.717) is 0 Å². The van der Waals surface area contributed by atoms with E-state index in [1.165, 1.54) is 6.92 Å². The van der Waals surface area contributed by atoms with Crippen LogP contribution in [0.4, 0.5) is 16.5 Å². The van der Waals surface area contributed by atoms with Crippen molar-refractivity contribution in [3.05, 3.63) is 35.3 Å². The van der Waals surface area contributed by atoms with Crippen LogP contribution in [0.3, 0.4) is 0 Å². The van der Waals surface area contributed by atoms with Gasteiger partial charge in [0, 0.05) is 29.7 Å². The number of thiazole rings is 1. The van der Waals surface area contributed by atoms with Gasteiger partial charge in [-0.05, 0) is 44.2 Å². The second-order valence-corrected chi connectivity index (χ2v) is 5.99. The van der Waals surface area contributed by atoms with E-state index in [0.717, 1.165) is 35.2 Å². The highest BCUT2D eigenvalue weighted by atomic mass is 32.1. The molecule has 1 aromatic carbocycles. The molecule has 1 heterocycles. The fourth-order valence-corrected chi connectivity index (χ4v) is 2.80. The zero-order valence-electron chi connectivity index (χ0n) is 13.1. The molecule has 0 aliphatic carbocycles. The first-order chi connectivity index (χ1) is 10.6. The summed E-state index contributed by atoms with van der Waals surface area (Å²) in [6, 6.07) is 7.83. The molecule has 0 bridgehead atoms. The Labute approximate surface area is 135 Å². The second-order valence-electron chi connectivity index (χ2n) is 5.14. The average Bonchev–Trinajstić information content (AvgIpc) is 2.95. The van der Waals surface area contributed by atoms with Crippen LogP contribution in [0.2, 0.25) is 0 Å². The van der Waals surface area contributed by atoms with Crippen LogP contribution < -0.4 is 16.0 Å². The van der Waals surface area contributed by atoms with Crippen molar-refractivity contribution in [2.24, 2.45) is 0 Å². The molecule has 1 aromatic heterocycles. The van der Waals surface area contributed by atoms with Gasteiger partial charge in [0.05, 0.1) is 5.69 Å². The van der Waals surface area contributed by atoms with E-state index >= 15 is 0 Å². The zero-order chi connectivity index (χ0) is 15.9. The molecule has 0 saturated carbocycles. The van der Waals surface area contributed by atoms with Gasteiger partial charge < -0.3 is 16.0 Å². The fraction of sp³-hybridized carbons (Fsp3) is 0.375. The Bertz CT molecular complexity index is 609. The molecule has 22 heavy (non-hydrogen) atoms. The number of rotatable bonds is 7. The first-order valence-corrected chi connectivity index (χ1v) is 8.30. The summed E-state index contributed by atoms with van der Waals surface area (Å²) < 4.78 is 0. The van der Waals surface area contributed by atoms with Crippen molar-refractivity contribution in [1.29, 1.82) is 0 Å². The van der Waals surface area contributed by atoms with Crippen LogP contribution in [0.5, 0.6) is 0 Å². The van der Waals surface area contributed by atoms with Gasteiger partial charge in [0.1, 0.15) is 0 Å². The highest BCUT2D eigenvalue weighted by molar-refractivity contribution is 7.13. The Morgan fingerprint density at radius 3 is 2.59 bits per heavy atom. The predicted molar refractivity (Wildman–Crippen MR) is 92.9 cm³/mol. The van der Waals surface area contributed by atoms with Crippen molar-refractivity contribution < 1.29 is 4.79 Å². The monoisotopic (exact) mass is 318 g/mol. The number of carbonyl (C=O) groups is 1. The Hall–Kier alpha value is -1.92. The number of hydrogen-bond acceptors (Lipinski definition) is 5. The minimum atomic E-state index is -0.0705. The first kappa shape index (κ1) is 16.5. The van der Waals surface area contributed by atoms with Gasteiger partial charge in [0.25, 0.3) is 0 Å². The maximum absolute atomic E-state index is 11.0. The molecule has 1 unspecified atom stereocenters. The lowest BCUT2D eigenvalue weighted by Gasteiger charge is -2.09. The van der Waals surface area contributed by atoms with Crippen LogP contribution in [0.1, 0.15) is 38.9 Å². The predicted octanol–water partition coefficient (Wildman–Crippen LogP) is 3.91. The van der Waals surface area contributed by atoms with Gasteiger partial charge in [-0.2, -0.15) is 0 Å². The van der Waals surface area contributed by atoms with Crippen LogP contribution in [0.15, 0.2) is 29.6 Å². The third kappa shape index (κ3) is 4.82. The molecule has 1 amide bonds. The number of benzene rings is 1. The summed E-state index contributed by atoms with van der Waals surface area (Å²) in [4.78, 5) is 15.6. The number of amides is 1. The minimum absolute atomic E-state index is 0.0705. The number of nitrogens with one attached hydrogen (secondary N) is 3. The Morgan fingerprint density at radius 2 is 1.95 bits per heavy atom. The van der Waals surface area contributed by atoms with Crippen molar-refractivity contribution in [3.8, 4) is 0 Å². The van der Waals surface area contributed by atoms with Crippen molar-refractivity contribution in [2.45, 2.75) is 33.2 Å². The van der Waals surface area contributed by atoms with Gasteiger partial charge in [-0.1, -0.05) is 6.92 Å². The molecule has 6 heteroatoms. The van der Waals surface area contributed by atoms with E-state index in [4.69, 9.17) is 0 Å². The molecule has 0 aliphatic heterocycles. The second kappa shape index (κ2) is 7.91. The standard InChI is InChI=1S/C16H22N4OS/c1-4-9-17-11(2)15-10-22-16(20-15)19-14-7-5-13(6-8-14)18-12(3)21/h5-8,10-11,17H,4,9H2,1-3H3,(H,18,21)(H,19,20). The van der Waals surface area contributed by atoms with Gasteiger partial charge in [-0.15, -0.1) is 11.3 Å². The summed E-state index contributed by atoms with van der Waals surface area (Å²) in [5.74, 6) is -0.0705. The summed E-state index contributed by atoms with van der Waals surface area (Å²) >= 11 is 1.59. The molecule has 0 aliphatic rings. The van der Waals surface area contributed by atoms with E-state index in [1.54, 1.807) is 11.3 Å². The van der Waals surface area contributed by atoms with Gasteiger partial charge in [0.15, 0.2) is 5.13 Å². The molecule has 118 valence electrons. The normalized spacial score (nSPS) is 12.0. The van der Waals surface area contributed by atoms with E-state index in [1.807, 2.05) is 24.3 Å². The lowest BCUT2D eigenvalue weighted by atomic mass is 10.2. The van der Waals surface area contributed by atoms with E-state index in [9.17, 15) is 4.79 Å². The molecule has 2 aromatic rings. The average molecular weight is 318 g/mol. The molecular weight excluding hydrogens is 296 g/mol. The van der Waals surface area contributed by atoms with Gasteiger partial charge in [-0.25, -0.2) is 4.98 Å². The quantitative estimate of drug-likeness (QED) is 0.724. The van der Waals surface area contributed by atoms with Crippen LogP contribution >= 0.6 is 11.3 Å². The third-order valence-electron chi connectivity index (χ3n) is 3.12. The molecular formula is C16H22N4OS. The van der Waals surface area contributed by atoms with E-state index in [2.05, 4.69) is 40.2 Å². The molecule has 3 N–H and O–H groups in total. The largest absolute Gasteiger partial charge is 0.332 e. The Morgan fingerprint density at radius 1 is 1.27 bits per heavy atom. The Kier molecular flexibility index (Phi) is 5.91. The summed E-state index contributed by atoms with van der Waals surface area (Å²) in [6.45, 7) is 6.76. The Balaban J connectivity index is 1.96. The van der Waals surface area contributed by atoms with Crippen molar-refractivity contribution >= 4 is 33.8 Å². The molecule has 0 fully saturated rings. The van der Waals surface area contributed by atoms with Crippen LogP contribution in [-0.2, 0) is 4.79 Å². The van der Waals surface area contributed by atoms with Gasteiger partial charge >= 0.3 is 0 Å². The molecule has 0 spiro atoms. The van der Waals surface area contributed by atoms with Crippen LogP contribution in [0.25, 0.3) is 0 Å². The highest BCUT2D eigenvalue weighted by Crippen LogP contribution is 2.24. The molecule has 2 rings (SSSR count). The van der Waals surface area contributed by atoms with E-state index < -0.39 is 0 Å². The minimum Gasteiger partial charge on any atom is -0.332 e. The maximum atomic E-state index is 11.0. The number of carbonyl (C=O) groups excluding carboxylic acids is 1. The summed E-state index contributed by atoms with van der Waals surface area (Å²) in [6.07, 6.45) is 1.11. The first-order valence-electron chi connectivity index (χ1n) is 7.42. The smallest absolute Gasteiger partial charge is 0.221 e. The number of hydrogen-bond donors (Lipinski definition) is 3. The third-order valence-corrected chi connectivity index (χ3v) is 3.90.